The van der Waals surface area contributed by atoms with Crippen LogP contribution in [0.5, 0.6) is 0 Å². The van der Waals surface area contributed by atoms with Crippen LogP contribution in [-0.2, 0) is 4.74 Å². The van der Waals surface area contributed by atoms with E-state index in [2.05, 4.69) is 32.4 Å². The number of fused-ring (bicyclic) bond motifs is 1. The van der Waals surface area contributed by atoms with Crippen LogP contribution in [0.4, 0.5) is 5.82 Å². The Balaban J connectivity index is 1.91. The fraction of sp³-hybridized carbons (Fsp3) is 0.600. The lowest BCUT2D eigenvalue weighted by atomic mass is 10.2. The molecule has 0 aliphatic carbocycles. The Morgan fingerprint density at radius 3 is 3.22 bits per heavy atom. The van der Waals surface area contributed by atoms with Crippen molar-refractivity contribution in [2.24, 2.45) is 5.73 Å². The molecule has 8 nitrogen and oxygen atoms in total. The van der Waals surface area contributed by atoms with Gasteiger partial charge in [-0.05, 0) is 29.5 Å². The van der Waals surface area contributed by atoms with E-state index in [-0.39, 0.29) is 12.1 Å². The molecule has 2 aromatic heterocycles. The number of rotatable bonds is 2. The molecule has 0 bridgehead atoms. The average Bonchev–Trinajstić information content (AvgIpc) is 2.86. The third kappa shape index (κ3) is 1.89. The van der Waals surface area contributed by atoms with E-state index in [0.29, 0.717) is 18.8 Å². The first-order chi connectivity index (χ1) is 8.78. The first-order valence-corrected chi connectivity index (χ1v) is 5.91. The number of aromatic nitrogens is 5. The maximum atomic E-state index is 5.65. The lowest BCUT2D eigenvalue weighted by molar-refractivity contribution is 0.0279. The molecule has 1 fully saturated rings. The zero-order valence-electron chi connectivity index (χ0n) is 10.1. The standard InChI is InChI=1S/C10H15N7O/c1-7-6-18-8(4-11)5-16(7)10-3-2-9-12-14-15-17(9)13-10/h2-3,7-8H,4-6,11H2,1H3. The van der Waals surface area contributed by atoms with E-state index in [9.17, 15) is 0 Å². The molecule has 1 saturated heterocycles. The summed E-state index contributed by atoms with van der Waals surface area (Å²) in [6.45, 7) is 3.99. The summed E-state index contributed by atoms with van der Waals surface area (Å²) in [5.74, 6) is 0.837. The predicted octanol–water partition coefficient (Wildman–Crippen LogP) is -0.928. The van der Waals surface area contributed by atoms with Gasteiger partial charge in [0, 0.05) is 13.1 Å². The van der Waals surface area contributed by atoms with Gasteiger partial charge in [-0.2, -0.15) is 0 Å². The van der Waals surface area contributed by atoms with Gasteiger partial charge in [-0.1, -0.05) is 0 Å². The lowest BCUT2D eigenvalue weighted by Gasteiger charge is -2.38. The minimum atomic E-state index is 0.0487. The van der Waals surface area contributed by atoms with Crippen LogP contribution in [-0.4, -0.2) is 57.1 Å². The maximum Gasteiger partial charge on any atom is 0.200 e. The summed E-state index contributed by atoms with van der Waals surface area (Å²) in [5.41, 5.74) is 6.29. The Morgan fingerprint density at radius 1 is 1.50 bits per heavy atom. The molecule has 0 radical (unpaired) electrons. The Labute approximate surface area is 104 Å². The van der Waals surface area contributed by atoms with Gasteiger partial charge < -0.3 is 15.4 Å². The highest BCUT2D eigenvalue weighted by Crippen LogP contribution is 2.19. The zero-order chi connectivity index (χ0) is 12.5. The molecule has 0 amide bonds. The summed E-state index contributed by atoms with van der Waals surface area (Å²) in [6, 6.07) is 4.03. The second-order valence-corrected chi connectivity index (χ2v) is 4.41. The van der Waals surface area contributed by atoms with Crippen LogP contribution < -0.4 is 10.6 Å². The highest BCUT2D eigenvalue weighted by molar-refractivity contribution is 5.45. The van der Waals surface area contributed by atoms with E-state index in [1.807, 2.05) is 12.1 Å². The first-order valence-electron chi connectivity index (χ1n) is 5.91. The van der Waals surface area contributed by atoms with Crippen molar-refractivity contribution in [3.8, 4) is 0 Å². The Hall–Kier alpha value is -1.80. The predicted molar refractivity (Wildman–Crippen MR) is 64.2 cm³/mol. The quantitative estimate of drug-likeness (QED) is 0.734. The molecule has 2 atom stereocenters. The fourth-order valence-corrected chi connectivity index (χ4v) is 2.07. The second-order valence-electron chi connectivity index (χ2n) is 4.41. The first kappa shape index (κ1) is 11.3. The summed E-state index contributed by atoms with van der Waals surface area (Å²) in [6.07, 6.45) is 0.0487. The van der Waals surface area contributed by atoms with E-state index in [1.54, 1.807) is 0 Å². The average molecular weight is 249 g/mol. The zero-order valence-corrected chi connectivity index (χ0v) is 10.1. The molecular formula is C10H15N7O. The number of anilines is 1. The van der Waals surface area contributed by atoms with Crippen molar-refractivity contribution in [3.05, 3.63) is 12.1 Å². The fourth-order valence-electron chi connectivity index (χ4n) is 2.07. The van der Waals surface area contributed by atoms with Crippen molar-refractivity contribution in [3.63, 3.8) is 0 Å². The van der Waals surface area contributed by atoms with Gasteiger partial charge in [0.1, 0.15) is 0 Å². The molecule has 3 rings (SSSR count). The smallest absolute Gasteiger partial charge is 0.200 e. The van der Waals surface area contributed by atoms with E-state index in [1.165, 1.54) is 4.63 Å². The molecule has 2 unspecified atom stereocenters. The van der Waals surface area contributed by atoms with Crippen LogP contribution in [0, 0.1) is 0 Å². The Morgan fingerprint density at radius 2 is 2.39 bits per heavy atom. The Bertz CT molecular complexity index is 542. The van der Waals surface area contributed by atoms with E-state index in [0.717, 1.165) is 12.4 Å². The monoisotopic (exact) mass is 249 g/mol. The van der Waals surface area contributed by atoms with Gasteiger partial charge in [0.05, 0.1) is 18.8 Å². The highest BCUT2D eigenvalue weighted by atomic mass is 16.5. The van der Waals surface area contributed by atoms with Crippen LogP contribution in [0.3, 0.4) is 0 Å². The molecule has 1 aliphatic heterocycles. The minimum Gasteiger partial charge on any atom is -0.373 e. The van der Waals surface area contributed by atoms with Gasteiger partial charge in [0.25, 0.3) is 0 Å². The number of tetrazole rings is 1. The van der Waals surface area contributed by atoms with Crippen LogP contribution in [0.25, 0.3) is 5.65 Å². The number of hydrogen-bond donors (Lipinski definition) is 1. The van der Waals surface area contributed by atoms with E-state index < -0.39 is 0 Å². The molecule has 2 aromatic rings. The van der Waals surface area contributed by atoms with Crippen molar-refractivity contribution >= 4 is 11.5 Å². The molecule has 3 heterocycles. The maximum absolute atomic E-state index is 5.65. The summed E-state index contributed by atoms with van der Waals surface area (Å²) in [5, 5.41) is 15.6. The van der Waals surface area contributed by atoms with Crippen molar-refractivity contribution in [2.45, 2.75) is 19.1 Å². The van der Waals surface area contributed by atoms with Crippen molar-refractivity contribution < 1.29 is 4.74 Å². The molecule has 2 N–H and O–H groups in total. The topological polar surface area (TPSA) is 94.5 Å². The number of nitrogens with zero attached hydrogens (tertiary/aromatic N) is 6. The van der Waals surface area contributed by atoms with Gasteiger partial charge >= 0.3 is 0 Å². The van der Waals surface area contributed by atoms with Gasteiger partial charge in [0.15, 0.2) is 11.5 Å². The number of morpholine rings is 1. The second kappa shape index (κ2) is 4.46. The van der Waals surface area contributed by atoms with Crippen molar-refractivity contribution in [2.75, 3.05) is 24.6 Å². The lowest BCUT2D eigenvalue weighted by Crippen LogP contribution is -2.51. The minimum absolute atomic E-state index is 0.0487. The Kier molecular flexibility index (Phi) is 2.80. The third-order valence-corrected chi connectivity index (χ3v) is 3.12. The van der Waals surface area contributed by atoms with Crippen molar-refractivity contribution in [1.29, 1.82) is 0 Å². The summed E-state index contributed by atoms with van der Waals surface area (Å²) in [4.78, 5) is 2.17. The number of ether oxygens (including phenoxy) is 1. The summed E-state index contributed by atoms with van der Waals surface area (Å²) >= 11 is 0. The molecule has 0 aromatic carbocycles. The van der Waals surface area contributed by atoms with Crippen LogP contribution >= 0.6 is 0 Å². The highest BCUT2D eigenvalue weighted by Gasteiger charge is 2.26. The van der Waals surface area contributed by atoms with Crippen LogP contribution in [0.15, 0.2) is 12.1 Å². The number of nitrogens with two attached hydrogens (primary N) is 1. The van der Waals surface area contributed by atoms with E-state index >= 15 is 0 Å². The van der Waals surface area contributed by atoms with Crippen LogP contribution in [0.1, 0.15) is 6.92 Å². The third-order valence-electron chi connectivity index (χ3n) is 3.12. The normalized spacial score (nSPS) is 24.7. The largest absolute Gasteiger partial charge is 0.373 e. The van der Waals surface area contributed by atoms with Gasteiger partial charge in [0.2, 0.25) is 0 Å². The molecule has 1 aliphatic rings. The molecule has 0 spiro atoms. The van der Waals surface area contributed by atoms with Gasteiger partial charge in [-0.3, -0.25) is 0 Å². The number of hydrogen-bond acceptors (Lipinski definition) is 7. The molecule has 0 saturated carbocycles. The summed E-state index contributed by atoms with van der Waals surface area (Å²) in [7, 11) is 0. The van der Waals surface area contributed by atoms with Crippen LogP contribution in [0.2, 0.25) is 0 Å². The molecule has 96 valence electrons. The molecule has 18 heavy (non-hydrogen) atoms. The van der Waals surface area contributed by atoms with E-state index in [4.69, 9.17) is 10.5 Å². The molecular weight excluding hydrogens is 234 g/mol. The van der Waals surface area contributed by atoms with Crippen molar-refractivity contribution in [1.82, 2.24) is 25.3 Å². The molecule has 8 heteroatoms. The summed E-state index contributed by atoms with van der Waals surface area (Å²) < 4.78 is 7.05. The van der Waals surface area contributed by atoms with Gasteiger partial charge in [-0.25, -0.2) is 0 Å². The van der Waals surface area contributed by atoms with Gasteiger partial charge in [-0.15, -0.1) is 14.8 Å². The SMILES string of the molecule is CC1COC(CN)CN1c1ccc2nnnn2n1.